The molecule has 1 aromatic heterocycles. The second-order valence-corrected chi connectivity index (χ2v) is 3.50. The molecule has 2 rings (SSSR count). The van der Waals surface area contributed by atoms with E-state index in [9.17, 15) is 4.39 Å². The van der Waals surface area contributed by atoms with E-state index in [4.69, 9.17) is 9.78 Å². The number of nitrogens with zero attached hydrogens (tertiary/aromatic N) is 2. The van der Waals surface area contributed by atoms with Gasteiger partial charge in [-0.15, -0.1) is 0 Å². The van der Waals surface area contributed by atoms with E-state index in [2.05, 4.69) is 10.5 Å². The van der Waals surface area contributed by atoms with E-state index in [-0.39, 0.29) is 5.82 Å². The van der Waals surface area contributed by atoms with E-state index >= 15 is 0 Å². The zero-order valence-electron chi connectivity index (χ0n) is 8.98. The SMILES string of the molecule is N#Cc1ccc(F)cc1CNCc1ccno1. The summed E-state index contributed by atoms with van der Waals surface area (Å²) in [4.78, 5) is 0. The highest BCUT2D eigenvalue weighted by atomic mass is 19.1. The van der Waals surface area contributed by atoms with Crippen LogP contribution in [0.4, 0.5) is 4.39 Å². The Morgan fingerprint density at radius 2 is 2.24 bits per heavy atom. The van der Waals surface area contributed by atoms with Gasteiger partial charge < -0.3 is 9.84 Å². The lowest BCUT2D eigenvalue weighted by atomic mass is 10.1. The number of benzene rings is 1. The Morgan fingerprint density at radius 3 is 2.94 bits per heavy atom. The van der Waals surface area contributed by atoms with Crippen LogP contribution >= 0.6 is 0 Å². The summed E-state index contributed by atoms with van der Waals surface area (Å²) in [6.07, 6.45) is 1.56. The molecule has 4 nitrogen and oxygen atoms in total. The molecule has 0 aliphatic rings. The van der Waals surface area contributed by atoms with Crippen LogP contribution in [0.2, 0.25) is 0 Å². The van der Waals surface area contributed by atoms with Crippen LogP contribution in [-0.2, 0) is 13.1 Å². The van der Waals surface area contributed by atoms with Crippen molar-refractivity contribution in [2.24, 2.45) is 0 Å². The third-order valence-electron chi connectivity index (χ3n) is 2.29. The number of nitrogens with one attached hydrogen (secondary N) is 1. The van der Waals surface area contributed by atoms with Gasteiger partial charge in [0.15, 0.2) is 0 Å². The Bertz CT molecular complexity index is 531. The summed E-state index contributed by atoms with van der Waals surface area (Å²) in [5, 5.41) is 15.5. The van der Waals surface area contributed by atoms with Crippen molar-refractivity contribution in [3.63, 3.8) is 0 Å². The largest absolute Gasteiger partial charge is 0.360 e. The molecule has 0 saturated heterocycles. The molecule has 2 aromatic rings. The van der Waals surface area contributed by atoms with Gasteiger partial charge in [-0.25, -0.2) is 4.39 Å². The second kappa shape index (κ2) is 5.23. The molecule has 0 fully saturated rings. The van der Waals surface area contributed by atoms with Crippen LogP contribution in [0.5, 0.6) is 0 Å². The summed E-state index contributed by atoms with van der Waals surface area (Å²) >= 11 is 0. The Kier molecular flexibility index (Phi) is 3.48. The Balaban J connectivity index is 1.99. The lowest BCUT2D eigenvalue weighted by Crippen LogP contribution is -2.13. The van der Waals surface area contributed by atoms with Gasteiger partial charge in [-0.3, -0.25) is 0 Å². The van der Waals surface area contributed by atoms with Crippen molar-refractivity contribution in [1.29, 1.82) is 5.26 Å². The average molecular weight is 231 g/mol. The first-order valence-electron chi connectivity index (χ1n) is 5.08. The predicted octanol–water partition coefficient (Wildman–Crippen LogP) is 1.98. The quantitative estimate of drug-likeness (QED) is 0.873. The fourth-order valence-corrected chi connectivity index (χ4v) is 1.47. The van der Waals surface area contributed by atoms with Gasteiger partial charge in [-0.1, -0.05) is 5.16 Å². The van der Waals surface area contributed by atoms with E-state index < -0.39 is 0 Å². The Hall–Kier alpha value is -2.19. The molecule has 86 valence electrons. The first-order valence-corrected chi connectivity index (χ1v) is 5.08. The topological polar surface area (TPSA) is 61.9 Å². The molecule has 17 heavy (non-hydrogen) atoms. The van der Waals surface area contributed by atoms with Crippen molar-refractivity contribution in [1.82, 2.24) is 10.5 Å². The minimum atomic E-state index is -0.347. The lowest BCUT2D eigenvalue weighted by molar-refractivity contribution is 0.372. The van der Waals surface area contributed by atoms with E-state index in [0.717, 1.165) is 0 Å². The van der Waals surface area contributed by atoms with Gasteiger partial charge in [0.1, 0.15) is 11.6 Å². The summed E-state index contributed by atoms with van der Waals surface area (Å²) in [6.45, 7) is 0.892. The minimum Gasteiger partial charge on any atom is -0.360 e. The Morgan fingerprint density at radius 1 is 1.35 bits per heavy atom. The predicted molar refractivity (Wildman–Crippen MR) is 58.2 cm³/mol. The van der Waals surface area contributed by atoms with Gasteiger partial charge in [0.25, 0.3) is 0 Å². The molecule has 1 heterocycles. The minimum absolute atomic E-state index is 0.347. The Labute approximate surface area is 97.7 Å². The van der Waals surface area contributed by atoms with Gasteiger partial charge in [0.05, 0.1) is 24.4 Å². The maximum Gasteiger partial charge on any atom is 0.150 e. The molecule has 1 N–H and O–H groups in total. The summed E-state index contributed by atoms with van der Waals surface area (Å²) in [5.74, 6) is 0.348. The molecule has 0 radical (unpaired) electrons. The van der Waals surface area contributed by atoms with Crippen LogP contribution in [0.3, 0.4) is 0 Å². The normalized spacial score (nSPS) is 10.1. The van der Waals surface area contributed by atoms with Crippen LogP contribution in [0.1, 0.15) is 16.9 Å². The molecular weight excluding hydrogens is 221 g/mol. The zero-order chi connectivity index (χ0) is 12.1. The first kappa shape index (κ1) is 11.3. The number of aromatic nitrogens is 1. The van der Waals surface area contributed by atoms with Gasteiger partial charge in [0.2, 0.25) is 0 Å². The van der Waals surface area contributed by atoms with Gasteiger partial charge in [-0.2, -0.15) is 5.26 Å². The summed E-state index contributed by atoms with van der Waals surface area (Å²) in [5.41, 5.74) is 1.10. The molecule has 0 bridgehead atoms. The van der Waals surface area contributed by atoms with Crippen molar-refractivity contribution < 1.29 is 8.91 Å². The van der Waals surface area contributed by atoms with E-state index in [0.29, 0.717) is 30.0 Å². The second-order valence-electron chi connectivity index (χ2n) is 3.50. The molecule has 0 aliphatic heterocycles. The first-order chi connectivity index (χ1) is 8.29. The van der Waals surface area contributed by atoms with Gasteiger partial charge in [-0.05, 0) is 23.8 Å². The molecule has 0 amide bonds. The van der Waals surface area contributed by atoms with Crippen LogP contribution < -0.4 is 5.32 Å². The van der Waals surface area contributed by atoms with Crippen LogP contribution in [0.15, 0.2) is 35.0 Å². The molecule has 0 saturated carbocycles. The zero-order valence-corrected chi connectivity index (χ0v) is 8.98. The third-order valence-corrected chi connectivity index (χ3v) is 2.29. The molecule has 0 aliphatic carbocycles. The highest BCUT2D eigenvalue weighted by Gasteiger charge is 2.04. The molecule has 0 unspecified atom stereocenters. The highest BCUT2D eigenvalue weighted by molar-refractivity contribution is 5.37. The molecule has 0 atom stereocenters. The summed E-state index contributed by atoms with van der Waals surface area (Å²) in [7, 11) is 0. The number of rotatable bonds is 4. The lowest BCUT2D eigenvalue weighted by Gasteiger charge is -2.04. The smallest absolute Gasteiger partial charge is 0.150 e. The maximum absolute atomic E-state index is 13.0. The molecular formula is C12H10FN3O. The van der Waals surface area contributed by atoms with Crippen LogP contribution in [-0.4, -0.2) is 5.16 Å². The van der Waals surface area contributed by atoms with Crippen molar-refractivity contribution in [2.45, 2.75) is 13.1 Å². The number of nitriles is 1. The highest BCUT2D eigenvalue weighted by Crippen LogP contribution is 2.10. The monoisotopic (exact) mass is 231 g/mol. The number of halogens is 1. The fourth-order valence-electron chi connectivity index (χ4n) is 1.47. The van der Waals surface area contributed by atoms with Crippen molar-refractivity contribution in [3.8, 4) is 6.07 Å². The summed E-state index contributed by atoms with van der Waals surface area (Å²) in [6, 6.07) is 7.87. The standard InChI is InChI=1S/C12H10FN3O/c13-11-2-1-9(6-14)10(5-11)7-15-8-12-3-4-16-17-12/h1-5,15H,7-8H2. The van der Waals surface area contributed by atoms with Crippen molar-refractivity contribution >= 4 is 0 Å². The van der Waals surface area contributed by atoms with E-state index in [1.807, 2.05) is 6.07 Å². The van der Waals surface area contributed by atoms with Crippen molar-refractivity contribution in [2.75, 3.05) is 0 Å². The van der Waals surface area contributed by atoms with Crippen LogP contribution in [0.25, 0.3) is 0 Å². The summed E-state index contributed by atoms with van der Waals surface area (Å²) < 4.78 is 17.9. The molecule has 5 heteroatoms. The molecule has 1 aromatic carbocycles. The van der Waals surface area contributed by atoms with Gasteiger partial charge >= 0.3 is 0 Å². The van der Waals surface area contributed by atoms with E-state index in [1.165, 1.54) is 18.2 Å². The third kappa shape index (κ3) is 2.89. The van der Waals surface area contributed by atoms with E-state index in [1.54, 1.807) is 12.3 Å². The average Bonchev–Trinajstić information content (AvgIpc) is 2.82. The van der Waals surface area contributed by atoms with Gasteiger partial charge in [0, 0.05) is 12.6 Å². The maximum atomic E-state index is 13.0. The number of hydrogen-bond acceptors (Lipinski definition) is 4. The number of hydrogen-bond donors (Lipinski definition) is 1. The fraction of sp³-hybridized carbons (Fsp3) is 0.167. The van der Waals surface area contributed by atoms with Crippen molar-refractivity contribution in [3.05, 3.63) is 53.2 Å². The van der Waals surface area contributed by atoms with Crippen LogP contribution in [0, 0.1) is 17.1 Å². The molecule has 0 spiro atoms.